The Hall–Kier alpha value is -2.79. The molecule has 0 radical (unpaired) electrons. The molecule has 1 unspecified atom stereocenters. The third kappa shape index (κ3) is 6.86. The first-order valence-corrected chi connectivity index (χ1v) is 11.2. The van der Waals surface area contributed by atoms with E-state index in [-0.39, 0.29) is 20.0 Å². The highest BCUT2D eigenvalue weighted by molar-refractivity contribution is 7.86. The van der Waals surface area contributed by atoms with Gasteiger partial charge in [0.1, 0.15) is 38.3 Å². The van der Waals surface area contributed by atoms with Crippen molar-refractivity contribution in [1.82, 2.24) is 0 Å². The average molecular weight is 450 g/mol. The van der Waals surface area contributed by atoms with Crippen LogP contribution in [0.3, 0.4) is 0 Å². The molecule has 1 aliphatic heterocycles. The molecule has 0 aromatic heterocycles. The first-order chi connectivity index (χ1) is 14.8. The van der Waals surface area contributed by atoms with Gasteiger partial charge in [-0.25, -0.2) is 9.59 Å². The molecule has 0 N–H and O–H groups in total. The molecular weight excluding hydrogens is 428 g/mol. The van der Waals surface area contributed by atoms with Gasteiger partial charge < -0.3 is 18.9 Å². The Morgan fingerprint density at radius 1 is 0.839 bits per heavy atom. The number of benzene rings is 2. The first-order valence-electron chi connectivity index (χ1n) is 9.39. The van der Waals surface area contributed by atoms with Crippen molar-refractivity contribution >= 4 is 22.1 Å². The number of carbonyl (C=O) groups excluding carboxylic acids is 2. The van der Waals surface area contributed by atoms with E-state index in [1.165, 1.54) is 0 Å². The van der Waals surface area contributed by atoms with Crippen LogP contribution < -0.4 is 0 Å². The molecule has 0 spiro atoms. The van der Waals surface area contributed by atoms with Crippen LogP contribution >= 0.6 is 0 Å². The summed E-state index contributed by atoms with van der Waals surface area (Å²) in [6.07, 6.45) is -2.20. The monoisotopic (exact) mass is 450 g/mol. The molecule has 9 nitrogen and oxygen atoms in total. The Morgan fingerprint density at radius 2 is 1.26 bits per heavy atom. The quantitative estimate of drug-likeness (QED) is 0.438. The molecule has 1 aliphatic rings. The summed E-state index contributed by atoms with van der Waals surface area (Å²) in [6, 6.07) is 16.6. The van der Waals surface area contributed by atoms with Gasteiger partial charge in [0.2, 0.25) is 0 Å². The summed E-state index contributed by atoms with van der Waals surface area (Å²) in [5, 5.41) is 0. The van der Waals surface area contributed by atoms with E-state index < -0.39 is 40.4 Å². The summed E-state index contributed by atoms with van der Waals surface area (Å²) in [5.74, 6) is -1.19. The second-order valence-corrected chi connectivity index (χ2v) is 8.32. The molecule has 166 valence electrons. The van der Waals surface area contributed by atoms with Crippen molar-refractivity contribution in [1.29, 1.82) is 0 Å². The van der Waals surface area contributed by atoms with Gasteiger partial charge in [0.15, 0.2) is 0 Å². The van der Waals surface area contributed by atoms with Gasteiger partial charge in [0.05, 0.1) is 17.4 Å². The van der Waals surface area contributed by atoms with Crippen LogP contribution in [0.2, 0.25) is 0 Å². The van der Waals surface area contributed by atoms with Crippen LogP contribution in [0.4, 0.5) is 0 Å². The van der Waals surface area contributed by atoms with Gasteiger partial charge in [0, 0.05) is 0 Å². The molecule has 2 aromatic rings. The van der Waals surface area contributed by atoms with Gasteiger partial charge >= 0.3 is 11.9 Å². The van der Waals surface area contributed by atoms with E-state index in [1.54, 1.807) is 60.7 Å². The van der Waals surface area contributed by atoms with Crippen LogP contribution in [0, 0.1) is 0 Å². The van der Waals surface area contributed by atoms with Crippen LogP contribution in [-0.2, 0) is 33.2 Å². The maximum absolute atomic E-state index is 12.2. The minimum atomic E-state index is -3.91. The minimum Gasteiger partial charge on any atom is -0.459 e. The van der Waals surface area contributed by atoms with Crippen molar-refractivity contribution in [3.05, 3.63) is 71.8 Å². The summed E-state index contributed by atoms with van der Waals surface area (Å²) in [6.45, 7) is -0.772. The summed E-state index contributed by atoms with van der Waals surface area (Å²) in [4.78, 5) is 24.4. The Labute approximate surface area is 179 Å². The topological polar surface area (TPSA) is 114 Å². The molecular formula is C21H22O9S. The van der Waals surface area contributed by atoms with Crippen molar-refractivity contribution in [3.63, 3.8) is 0 Å². The number of esters is 2. The van der Waals surface area contributed by atoms with Crippen molar-refractivity contribution < 1.29 is 41.1 Å². The van der Waals surface area contributed by atoms with Crippen molar-refractivity contribution in [3.8, 4) is 0 Å². The third-order valence-corrected chi connectivity index (χ3v) is 4.93. The summed E-state index contributed by atoms with van der Waals surface area (Å²) in [7, 11) is -3.91. The van der Waals surface area contributed by atoms with Gasteiger partial charge in [0.25, 0.3) is 10.1 Å². The third-order valence-electron chi connectivity index (χ3n) is 4.36. The molecule has 0 aliphatic carbocycles. The van der Waals surface area contributed by atoms with E-state index in [9.17, 15) is 18.0 Å². The Morgan fingerprint density at radius 3 is 1.65 bits per heavy atom. The van der Waals surface area contributed by atoms with Crippen LogP contribution in [-0.4, -0.2) is 64.9 Å². The highest BCUT2D eigenvalue weighted by Crippen LogP contribution is 2.21. The van der Waals surface area contributed by atoms with Gasteiger partial charge in [-0.2, -0.15) is 8.42 Å². The summed E-state index contributed by atoms with van der Waals surface area (Å²) < 4.78 is 50.0. The van der Waals surface area contributed by atoms with Crippen LogP contribution in [0.5, 0.6) is 0 Å². The Balaban J connectivity index is 1.65. The van der Waals surface area contributed by atoms with Gasteiger partial charge in [-0.3, -0.25) is 4.18 Å². The van der Waals surface area contributed by atoms with E-state index in [0.29, 0.717) is 11.1 Å². The van der Waals surface area contributed by atoms with Crippen molar-refractivity contribution in [2.24, 2.45) is 0 Å². The summed E-state index contributed by atoms with van der Waals surface area (Å²) in [5.41, 5.74) is 0.673. The zero-order chi connectivity index (χ0) is 22.3. The van der Waals surface area contributed by atoms with E-state index in [2.05, 4.69) is 0 Å². The number of ether oxygens (including phenoxy) is 4. The van der Waals surface area contributed by atoms with Crippen LogP contribution in [0.15, 0.2) is 60.7 Å². The first kappa shape index (κ1) is 22.9. The number of hydrogen-bond donors (Lipinski definition) is 0. The molecule has 1 heterocycles. The molecule has 0 saturated carbocycles. The van der Waals surface area contributed by atoms with Crippen molar-refractivity contribution in [2.45, 2.75) is 18.3 Å². The maximum atomic E-state index is 12.2. The van der Waals surface area contributed by atoms with Crippen molar-refractivity contribution in [2.75, 3.05) is 26.3 Å². The molecule has 1 fully saturated rings. The number of hydrogen-bond acceptors (Lipinski definition) is 9. The maximum Gasteiger partial charge on any atom is 0.338 e. The largest absolute Gasteiger partial charge is 0.459 e. The second kappa shape index (κ2) is 10.5. The molecule has 3 atom stereocenters. The smallest absolute Gasteiger partial charge is 0.338 e. The lowest BCUT2D eigenvalue weighted by Crippen LogP contribution is -2.52. The standard InChI is InChI=1S/C21H22O9S/c1-31(24,25)30-19-17(12-26-20(22)15-8-4-2-5-9-15)28-14-29-18(19)13-27-21(23)16-10-6-3-7-11-16/h2-11,17-19H,12-14H2,1H3/t17-,18+,19?. The normalized spacial score (nSPS) is 21.3. The van der Waals surface area contributed by atoms with Crippen LogP contribution in [0.25, 0.3) is 0 Å². The lowest BCUT2D eigenvalue weighted by atomic mass is 10.1. The highest BCUT2D eigenvalue weighted by Gasteiger charge is 2.40. The molecule has 31 heavy (non-hydrogen) atoms. The fraction of sp³-hybridized carbons (Fsp3) is 0.333. The van der Waals surface area contributed by atoms with Crippen LogP contribution in [0.1, 0.15) is 20.7 Å². The van der Waals surface area contributed by atoms with E-state index in [1.807, 2.05) is 0 Å². The van der Waals surface area contributed by atoms with E-state index >= 15 is 0 Å². The van der Waals surface area contributed by atoms with Gasteiger partial charge in [-0.15, -0.1) is 0 Å². The predicted molar refractivity (Wildman–Crippen MR) is 108 cm³/mol. The number of rotatable bonds is 8. The lowest BCUT2D eigenvalue weighted by molar-refractivity contribution is -0.236. The lowest BCUT2D eigenvalue weighted by Gasteiger charge is -2.36. The summed E-state index contributed by atoms with van der Waals surface area (Å²) >= 11 is 0. The predicted octanol–water partition coefficient (Wildman–Crippen LogP) is 1.79. The zero-order valence-electron chi connectivity index (χ0n) is 16.7. The molecule has 0 bridgehead atoms. The average Bonchev–Trinajstić information content (AvgIpc) is 2.77. The molecule has 1 saturated heterocycles. The second-order valence-electron chi connectivity index (χ2n) is 6.72. The Kier molecular flexibility index (Phi) is 7.75. The minimum absolute atomic E-state index is 0.218. The molecule has 2 aromatic carbocycles. The number of carbonyl (C=O) groups is 2. The van der Waals surface area contributed by atoms with Gasteiger partial charge in [-0.1, -0.05) is 36.4 Å². The molecule has 10 heteroatoms. The SMILES string of the molecule is CS(=O)(=O)OC1[C@H](COC(=O)c2ccccc2)OCO[C@@H]1COC(=O)c1ccccc1. The molecule has 3 rings (SSSR count). The fourth-order valence-corrected chi connectivity index (χ4v) is 3.54. The fourth-order valence-electron chi connectivity index (χ4n) is 2.89. The Bertz CT molecular complexity index is 913. The van der Waals surface area contributed by atoms with E-state index in [4.69, 9.17) is 23.1 Å². The zero-order valence-corrected chi connectivity index (χ0v) is 17.5. The molecule has 0 amide bonds. The van der Waals surface area contributed by atoms with Gasteiger partial charge in [-0.05, 0) is 24.3 Å². The van der Waals surface area contributed by atoms with E-state index in [0.717, 1.165) is 6.26 Å². The highest BCUT2D eigenvalue weighted by atomic mass is 32.2.